The van der Waals surface area contributed by atoms with E-state index >= 15 is 0 Å². The number of rotatable bonds is 5. The molecule has 210 valence electrons. The van der Waals surface area contributed by atoms with Crippen molar-refractivity contribution < 1.29 is 9.59 Å². The third-order valence-electron chi connectivity index (χ3n) is 8.17. The van der Waals surface area contributed by atoms with Gasteiger partial charge >= 0.3 is 0 Å². The number of carbonyl (C=O) groups excluding carboxylic acids is 2. The Balaban J connectivity index is 0.00000169. The Morgan fingerprint density at radius 1 is 0.780 bits per heavy atom. The zero-order valence-electron chi connectivity index (χ0n) is 22.6. The van der Waals surface area contributed by atoms with Crippen molar-refractivity contribution in [2.75, 3.05) is 13.1 Å². The van der Waals surface area contributed by atoms with Gasteiger partial charge < -0.3 is 9.13 Å². The van der Waals surface area contributed by atoms with Crippen molar-refractivity contribution in [1.29, 1.82) is 0 Å². The van der Waals surface area contributed by atoms with Gasteiger partial charge in [0.2, 0.25) is 0 Å². The van der Waals surface area contributed by atoms with Crippen LogP contribution < -0.4 is 5.32 Å². The first kappa shape index (κ1) is 28.6. The molecule has 41 heavy (non-hydrogen) atoms. The summed E-state index contributed by atoms with van der Waals surface area (Å²) in [5, 5.41) is 4.54. The molecule has 5 aromatic rings. The van der Waals surface area contributed by atoms with Crippen LogP contribution in [0.3, 0.4) is 0 Å². The Morgan fingerprint density at radius 3 is 2.02 bits per heavy atom. The van der Waals surface area contributed by atoms with Crippen molar-refractivity contribution in [3.05, 3.63) is 102 Å². The van der Waals surface area contributed by atoms with E-state index in [1.54, 1.807) is 0 Å². The lowest BCUT2D eigenvalue weighted by molar-refractivity contribution is -0.122. The molecule has 2 aliphatic rings. The Bertz CT molecular complexity index is 1780. The van der Waals surface area contributed by atoms with Gasteiger partial charge in [0.25, 0.3) is 11.8 Å². The van der Waals surface area contributed by atoms with Gasteiger partial charge in [-0.1, -0.05) is 42.5 Å². The largest absolute Gasteiger partial charge is 0.350 e. The van der Waals surface area contributed by atoms with E-state index in [0.717, 1.165) is 71.1 Å². The number of carbonyl (C=O) groups is 2. The molecule has 1 saturated heterocycles. The van der Waals surface area contributed by atoms with Crippen molar-refractivity contribution in [3.8, 4) is 0 Å². The third kappa shape index (κ3) is 4.95. The molecule has 0 atom stereocenters. The van der Waals surface area contributed by atoms with Gasteiger partial charge in [-0.3, -0.25) is 24.8 Å². The zero-order chi connectivity index (χ0) is 26.5. The average Bonchev–Trinajstić information content (AvgIpc) is 3.60. The van der Waals surface area contributed by atoms with E-state index in [-0.39, 0.29) is 36.6 Å². The van der Waals surface area contributed by atoms with Crippen LogP contribution in [0.5, 0.6) is 0 Å². The average molecular weight is 589 g/mol. The number of nitrogens with zero attached hydrogens (tertiary/aromatic N) is 4. The zero-order valence-corrected chi connectivity index (χ0v) is 24.3. The number of nitrogens with one attached hydrogen (secondary N) is 1. The fourth-order valence-corrected chi connectivity index (χ4v) is 6.29. The number of benzene rings is 2. The van der Waals surface area contributed by atoms with Crippen LogP contribution >= 0.6 is 24.8 Å². The highest BCUT2D eigenvalue weighted by atomic mass is 35.5. The van der Waals surface area contributed by atoms with Crippen molar-refractivity contribution in [1.82, 2.24) is 24.3 Å². The summed E-state index contributed by atoms with van der Waals surface area (Å²) >= 11 is 0. The number of aromatic nitrogens is 3. The summed E-state index contributed by atoms with van der Waals surface area (Å²) in [7, 11) is 1.97. The predicted octanol–water partition coefficient (Wildman–Crippen LogP) is 5.78. The van der Waals surface area contributed by atoms with E-state index in [4.69, 9.17) is 0 Å². The second kappa shape index (κ2) is 11.5. The van der Waals surface area contributed by atoms with E-state index in [9.17, 15) is 9.59 Å². The van der Waals surface area contributed by atoms with Crippen LogP contribution in [0, 0.1) is 0 Å². The molecule has 1 fully saturated rings. The Labute approximate surface area is 250 Å². The summed E-state index contributed by atoms with van der Waals surface area (Å²) in [5.41, 5.74) is 5.70. The maximum Gasteiger partial charge on any atom is 0.259 e. The number of aryl methyl sites for hydroxylation is 1. The minimum atomic E-state index is -0.342. The molecule has 0 spiro atoms. The topological polar surface area (TPSA) is 72.2 Å². The predicted molar refractivity (Wildman–Crippen MR) is 167 cm³/mol. The van der Waals surface area contributed by atoms with Gasteiger partial charge in [-0.15, -0.1) is 24.8 Å². The van der Waals surface area contributed by atoms with Crippen LogP contribution in [0.4, 0.5) is 0 Å². The fraction of sp³-hybridized carbons (Fsp3) is 0.219. The second-order valence-corrected chi connectivity index (χ2v) is 10.5. The van der Waals surface area contributed by atoms with Crippen LogP contribution in [0.15, 0.2) is 85.3 Å². The minimum absolute atomic E-state index is 0. The Morgan fingerprint density at radius 2 is 1.37 bits per heavy atom. The van der Waals surface area contributed by atoms with E-state index in [2.05, 4.69) is 44.2 Å². The van der Waals surface area contributed by atoms with Crippen molar-refractivity contribution >= 4 is 69.6 Å². The van der Waals surface area contributed by atoms with E-state index in [0.29, 0.717) is 17.2 Å². The fourth-order valence-electron chi connectivity index (χ4n) is 6.29. The highest BCUT2D eigenvalue weighted by Crippen LogP contribution is 2.40. The minimum Gasteiger partial charge on any atom is -0.350 e. The van der Waals surface area contributed by atoms with Crippen LogP contribution in [0.2, 0.25) is 0 Å². The molecule has 0 saturated carbocycles. The molecule has 2 amide bonds. The maximum absolute atomic E-state index is 13.3. The normalized spacial score (nSPS) is 16.2. The standard InChI is InChI=1S/C32H29N5O2.2ClH/c1-35-19-25(23-9-2-4-11-27(23)35)29-30(32(39)34-31(29)38)26-20-37(28-12-5-3-10-24(26)28)22-13-16-36(17-14-22)18-21-8-6-7-15-33-21;;/h2-12,15,19-20,22H,13-14,16-18H2,1H3,(H,34,38,39);2*1H. The van der Waals surface area contributed by atoms with Crippen molar-refractivity contribution in [2.24, 2.45) is 7.05 Å². The summed E-state index contributed by atoms with van der Waals surface area (Å²) in [6.45, 7) is 2.81. The lowest BCUT2D eigenvalue weighted by Crippen LogP contribution is -2.34. The molecule has 9 heteroatoms. The summed E-state index contributed by atoms with van der Waals surface area (Å²) < 4.78 is 4.33. The number of hydrogen-bond donors (Lipinski definition) is 1. The van der Waals surface area contributed by atoms with Gasteiger partial charge in [0.15, 0.2) is 0 Å². The van der Waals surface area contributed by atoms with Crippen molar-refractivity contribution in [3.63, 3.8) is 0 Å². The Hall–Kier alpha value is -3.91. The van der Waals surface area contributed by atoms with Crippen LogP contribution in [-0.2, 0) is 23.2 Å². The summed E-state index contributed by atoms with van der Waals surface area (Å²) in [6.07, 6.45) is 7.91. The van der Waals surface area contributed by atoms with E-state index in [1.807, 2.05) is 72.5 Å². The first-order chi connectivity index (χ1) is 19.1. The maximum atomic E-state index is 13.3. The number of pyridine rings is 1. The highest BCUT2D eigenvalue weighted by molar-refractivity contribution is 6.50. The SMILES string of the molecule is Cl.Cl.Cn1cc(C2=C(c3cn(C4CCN(Cc5ccccn5)CC4)c4ccccc34)C(=O)NC2=O)c2ccccc21. The lowest BCUT2D eigenvalue weighted by atomic mass is 9.95. The molecule has 0 unspecified atom stereocenters. The summed E-state index contributed by atoms with van der Waals surface area (Å²) in [4.78, 5) is 33.5. The number of amides is 2. The van der Waals surface area contributed by atoms with E-state index in [1.165, 1.54) is 0 Å². The molecule has 3 aromatic heterocycles. The quantitative estimate of drug-likeness (QED) is 0.265. The van der Waals surface area contributed by atoms with Gasteiger partial charge in [-0.05, 0) is 37.1 Å². The molecule has 2 aromatic carbocycles. The van der Waals surface area contributed by atoms with E-state index < -0.39 is 0 Å². The molecule has 0 radical (unpaired) electrons. The molecule has 1 N–H and O–H groups in total. The van der Waals surface area contributed by atoms with Crippen LogP contribution in [0.25, 0.3) is 33.0 Å². The number of hydrogen-bond acceptors (Lipinski definition) is 4. The first-order valence-electron chi connectivity index (χ1n) is 13.4. The molecular formula is C32H31Cl2N5O2. The van der Waals surface area contributed by atoms with Crippen LogP contribution in [0.1, 0.15) is 35.7 Å². The van der Waals surface area contributed by atoms with Gasteiger partial charge in [0.1, 0.15) is 0 Å². The summed E-state index contributed by atoms with van der Waals surface area (Å²) in [5.74, 6) is -0.679. The van der Waals surface area contributed by atoms with Crippen LogP contribution in [-0.4, -0.2) is 43.9 Å². The van der Waals surface area contributed by atoms with Gasteiger partial charge in [-0.2, -0.15) is 0 Å². The second-order valence-electron chi connectivity index (χ2n) is 10.5. The first-order valence-corrected chi connectivity index (χ1v) is 13.4. The molecule has 0 aliphatic carbocycles. The number of para-hydroxylation sites is 2. The number of piperidine rings is 1. The molecule has 5 heterocycles. The molecule has 7 nitrogen and oxygen atoms in total. The monoisotopic (exact) mass is 587 g/mol. The van der Waals surface area contributed by atoms with Gasteiger partial charge in [0.05, 0.1) is 16.8 Å². The summed E-state index contributed by atoms with van der Waals surface area (Å²) in [6, 6.07) is 22.6. The highest BCUT2D eigenvalue weighted by Gasteiger charge is 2.36. The molecule has 7 rings (SSSR count). The van der Waals surface area contributed by atoms with Gasteiger partial charge in [-0.25, -0.2) is 0 Å². The van der Waals surface area contributed by atoms with Gasteiger partial charge in [0, 0.05) is 84.2 Å². The molecule has 0 bridgehead atoms. The lowest BCUT2D eigenvalue weighted by Gasteiger charge is -2.33. The number of imide groups is 1. The number of likely N-dealkylation sites (tertiary alicyclic amines) is 1. The number of fused-ring (bicyclic) bond motifs is 2. The third-order valence-corrected chi connectivity index (χ3v) is 8.17. The molecule has 2 aliphatic heterocycles. The van der Waals surface area contributed by atoms with Crippen molar-refractivity contribution in [2.45, 2.75) is 25.4 Å². The Kier molecular flexibility index (Phi) is 8.04. The molecular weight excluding hydrogens is 557 g/mol. The number of halogens is 2. The smallest absolute Gasteiger partial charge is 0.259 e.